The van der Waals surface area contributed by atoms with Gasteiger partial charge in [0, 0.05) is 22.2 Å². The van der Waals surface area contributed by atoms with E-state index >= 15 is 0 Å². The van der Waals surface area contributed by atoms with Gasteiger partial charge in [0.25, 0.3) is 0 Å². The van der Waals surface area contributed by atoms with Crippen molar-refractivity contribution in [2.75, 3.05) is 6.54 Å². The minimum Gasteiger partial charge on any atom is -0.461 e. The number of hydrogen-bond acceptors (Lipinski definition) is 4. The lowest BCUT2D eigenvalue weighted by atomic mass is 9.54. The summed E-state index contributed by atoms with van der Waals surface area (Å²) in [5.74, 6) is -3.24. The van der Waals surface area contributed by atoms with Crippen LogP contribution in [0.1, 0.15) is 34.2 Å². The van der Waals surface area contributed by atoms with E-state index in [1.54, 1.807) is 18.2 Å². The molecule has 1 saturated heterocycles. The number of halogens is 4. The van der Waals surface area contributed by atoms with Crippen LogP contribution in [0, 0.1) is 11.8 Å². The van der Waals surface area contributed by atoms with Crippen LogP contribution in [0.3, 0.4) is 0 Å². The summed E-state index contributed by atoms with van der Waals surface area (Å²) in [6.07, 6.45) is -0.174. The lowest BCUT2D eigenvalue weighted by Gasteiger charge is -2.54. The number of rotatable bonds is 5. The fraction of sp³-hybridized carbons (Fsp3) is 0.250. The van der Waals surface area contributed by atoms with Gasteiger partial charge in [-0.1, -0.05) is 77.8 Å². The lowest BCUT2D eigenvalue weighted by Crippen LogP contribution is -2.57. The molecule has 2 atom stereocenters. The summed E-state index contributed by atoms with van der Waals surface area (Å²) < 4.78 is 5.33. The first-order valence-corrected chi connectivity index (χ1v) is 13.2. The monoisotopic (exact) mass is 573 g/mol. The Labute approximate surface area is 233 Å². The number of likely N-dealkylation sites (tertiary alicyclic amines) is 1. The number of esters is 1. The molecule has 0 unspecified atom stereocenters. The molecule has 1 aliphatic heterocycles. The minimum absolute atomic E-state index is 0.0534. The molecule has 0 saturated carbocycles. The molecule has 7 rings (SSSR count). The number of ether oxygens (including phenoxy) is 1. The van der Waals surface area contributed by atoms with E-state index in [4.69, 9.17) is 51.1 Å². The summed E-state index contributed by atoms with van der Waals surface area (Å²) in [6.45, 7) is -0.188. The fourth-order valence-corrected chi connectivity index (χ4v) is 7.58. The zero-order chi connectivity index (χ0) is 26.1. The van der Waals surface area contributed by atoms with E-state index in [1.807, 2.05) is 48.5 Å². The molecule has 9 heteroatoms. The van der Waals surface area contributed by atoms with Gasteiger partial charge in [0.05, 0.1) is 18.3 Å². The Balaban J connectivity index is 1.27. The van der Waals surface area contributed by atoms with Crippen molar-refractivity contribution < 1.29 is 19.1 Å². The van der Waals surface area contributed by atoms with Crippen molar-refractivity contribution in [1.29, 1.82) is 0 Å². The number of alkyl halides is 2. The molecule has 0 radical (unpaired) electrons. The van der Waals surface area contributed by atoms with E-state index in [9.17, 15) is 14.4 Å². The zero-order valence-electron chi connectivity index (χ0n) is 19.2. The molecule has 1 heterocycles. The molecule has 188 valence electrons. The first kappa shape index (κ1) is 24.7. The van der Waals surface area contributed by atoms with Crippen LogP contribution in [-0.4, -0.2) is 29.2 Å². The fourth-order valence-electron chi connectivity index (χ4n) is 6.02. The molecule has 5 nitrogen and oxygen atoms in total. The van der Waals surface area contributed by atoms with Crippen LogP contribution >= 0.6 is 46.4 Å². The highest BCUT2D eigenvalue weighted by Gasteiger charge is 2.72. The van der Waals surface area contributed by atoms with Crippen molar-refractivity contribution in [3.8, 4) is 0 Å². The van der Waals surface area contributed by atoms with Gasteiger partial charge in [-0.25, -0.2) is 0 Å². The average Bonchev–Trinajstić information content (AvgIpc) is 3.16. The predicted octanol–water partition coefficient (Wildman–Crippen LogP) is 6.02. The summed E-state index contributed by atoms with van der Waals surface area (Å²) in [7, 11) is 0. The second-order valence-corrected chi connectivity index (χ2v) is 11.5. The van der Waals surface area contributed by atoms with Crippen LogP contribution in [0.5, 0.6) is 0 Å². The van der Waals surface area contributed by atoms with E-state index in [0.29, 0.717) is 15.6 Å². The molecule has 2 bridgehead atoms. The maximum Gasteiger partial charge on any atom is 0.307 e. The van der Waals surface area contributed by atoms with Gasteiger partial charge in [-0.3, -0.25) is 19.3 Å². The summed E-state index contributed by atoms with van der Waals surface area (Å²) >= 11 is 26.8. The van der Waals surface area contributed by atoms with Crippen molar-refractivity contribution in [2.45, 2.75) is 22.8 Å². The predicted molar refractivity (Wildman–Crippen MR) is 141 cm³/mol. The van der Waals surface area contributed by atoms with Crippen molar-refractivity contribution in [3.63, 3.8) is 0 Å². The Morgan fingerprint density at radius 2 is 1.30 bits per heavy atom. The molecule has 0 spiro atoms. The van der Waals surface area contributed by atoms with Crippen molar-refractivity contribution >= 4 is 64.2 Å². The van der Waals surface area contributed by atoms with Gasteiger partial charge >= 0.3 is 5.97 Å². The van der Waals surface area contributed by atoms with Crippen LogP contribution in [-0.2, 0) is 35.5 Å². The van der Waals surface area contributed by atoms with Gasteiger partial charge in [0.2, 0.25) is 11.8 Å². The first-order chi connectivity index (χ1) is 17.7. The number of hydrogen-bond donors (Lipinski definition) is 0. The molecular formula is C28H19Cl4NO4. The molecule has 1 fully saturated rings. The second-order valence-electron chi connectivity index (χ2n) is 9.44. The van der Waals surface area contributed by atoms with Gasteiger partial charge in [-0.2, -0.15) is 0 Å². The topological polar surface area (TPSA) is 63.7 Å². The Kier molecular flexibility index (Phi) is 5.85. The minimum atomic E-state index is -1.25. The van der Waals surface area contributed by atoms with Crippen molar-refractivity contribution in [3.05, 3.63) is 105 Å². The zero-order valence-corrected chi connectivity index (χ0v) is 22.2. The molecule has 37 heavy (non-hydrogen) atoms. The van der Waals surface area contributed by atoms with Crippen molar-refractivity contribution in [2.24, 2.45) is 11.8 Å². The smallest absolute Gasteiger partial charge is 0.307 e. The number of carbonyl (C=O) groups excluding carboxylic acids is 3. The number of benzene rings is 3. The Bertz CT molecular complexity index is 1370. The van der Waals surface area contributed by atoms with E-state index in [1.165, 1.54) is 0 Å². The molecule has 3 aliphatic carbocycles. The largest absolute Gasteiger partial charge is 0.461 e. The van der Waals surface area contributed by atoms with Crippen LogP contribution in [0.4, 0.5) is 0 Å². The maximum atomic E-state index is 13.8. The summed E-state index contributed by atoms with van der Waals surface area (Å²) in [5.41, 5.74) is 3.52. The van der Waals surface area contributed by atoms with Gasteiger partial charge in [-0.15, -0.1) is 23.2 Å². The highest BCUT2D eigenvalue weighted by Crippen LogP contribution is 2.69. The second kappa shape index (κ2) is 8.74. The highest BCUT2D eigenvalue weighted by atomic mass is 35.5. The normalized spacial score (nSPS) is 27.1. The van der Waals surface area contributed by atoms with Gasteiger partial charge in [0.1, 0.15) is 16.4 Å². The maximum absolute atomic E-state index is 13.8. The Hall–Kier alpha value is -2.57. The lowest BCUT2D eigenvalue weighted by molar-refractivity contribution is -0.146. The van der Waals surface area contributed by atoms with Crippen LogP contribution < -0.4 is 0 Å². The van der Waals surface area contributed by atoms with E-state index in [-0.39, 0.29) is 19.6 Å². The van der Waals surface area contributed by atoms with Crippen LogP contribution in [0.25, 0.3) is 0 Å². The Morgan fingerprint density at radius 1 is 0.811 bits per heavy atom. The SMILES string of the molecule is O=C(CCN1C(=O)[C@H]2[C@H](C1=O)C1(Cl)c3ccccc3C2(Cl)c2ccccc21)OCc1ccc(Cl)cc1Cl. The number of amides is 2. The summed E-state index contributed by atoms with van der Waals surface area (Å²) in [5, 5.41) is 0.851. The number of carbonyl (C=O) groups is 3. The van der Waals surface area contributed by atoms with Gasteiger partial charge < -0.3 is 4.74 Å². The molecule has 3 aromatic rings. The van der Waals surface area contributed by atoms with E-state index in [2.05, 4.69) is 0 Å². The summed E-state index contributed by atoms with van der Waals surface area (Å²) in [6, 6.07) is 19.7. The van der Waals surface area contributed by atoms with Gasteiger partial charge in [-0.05, 0) is 34.4 Å². The van der Waals surface area contributed by atoms with E-state index < -0.39 is 39.4 Å². The van der Waals surface area contributed by atoms with Crippen LogP contribution in [0.2, 0.25) is 10.0 Å². The third kappa shape index (κ3) is 3.41. The molecule has 3 aromatic carbocycles. The molecular weight excluding hydrogens is 556 g/mol. The number of nitrogens with zero attached hydrogens (tertiary/aromatic N) is 1. The number of imide groups is 1. The first-order valence-electron chi connectivity index (χ1n) is 11.7. The average molecular weight is 575 g/mol. The quantitative estimate of drug-likeness (QED) is 0.212. The summed E-state index contributed by atoms with van der Waals surface area (Å²) in [4.78, 5) is 38.6. The van der Waals surface area contributed by atoms with Crippen LogP contribution in [0.15, 0.2) is 66.7 Å². The van der Waals surface area contributed by atoms with Gasteiger partial charge in [0.15, 0.2) is 0 Å². The third-order valence-electron chi connectivity index (χ3n) is 7.62. The molecule has 4 aliphatic rings. The standard InChI is InChI=1S/C28H19Cl4NO4/c29-16-10-9-15(21(30)13-16)14-37-22(34)11-12-33-25(35)23-24(26(33)36)28(32)18-6-2-1-5-17(18)27(23,31)19-7-3-4-8-20(19)28/h1-10,13,23-24H,11-12,14H2/t23-,24-,27?,28?/m1/s1. The highest BCUT2D eigenvalue weighted by molar-refractivity contribution is 6.36. The Morgan fingerprint density at radius 3 is 1.76 bits per heavy atom. The van der Waals surface area contributed by atoms with E-state index in [0.717, 1.165) is 27.2 Å². The molecule has 0 N–H and O–H groups in total. The van der Waals surface area contributed by atoms with Crippen molar-refractivity contribution in [1.82, 2.24) is 4.90 Å². The molecule has 2 amide bonds. The molecule has 0 aromatic heterocycles. The third-order valence-corrected chi connectivity index (χ3v) is 9.49.